The minimum absolute atomic E-state index is 0.461. The Bertz CT molecular complexity index is 666. The summed E-state index contributed by atoms with van der Waals surface area (Å²) in [7, 11) is 1.90. The standard InChI is InChI=1S/C20H29N5/c1-6-17(20(23-5)25-16(3)21)11-8-7-10-15(2)24-19-13-9-12-18(14-19)22-4/h6,9,12-14,22,24H,1-2,5,7-8,10-11H2,3-4H3,(H2,21,25)/b20-17+. The van der Waals surface area contributed by atoms with Crippen molar-refractivity contribution in [1.29, 1.82) is 0 Å². The van der Waals surface area contributed by atoms with Crippen LogP contribution in [0.1, 0.15) is 32.6 Å². The molecule has 1 aromatic carbocycles. The van der Waals surface area contributed by atoms with E-state index in [0.717, 1.165) is 48.3 Å². The number of nitrogens with zero attached hydrogens (tertiary/aromatic N) is 2. The fraction of sp³-hybridized carbons (Fsp3) is 0.300. The second-order valence-electron chi connectivity index (χ2n) is 5.73. The van der Waals surface area contributed by atoms with Crippen LogP contribution in [0.3, 0.4) is 0 Å². The molecule has 0 radical (unpaired) electrons. The highest BCUT2D eigenvalue weighted by Crippen LogP contribution is 2.20. The Balaban J connectivity index is 2.49. The molecule has 5 heteroatoms. The van der Waals surface area contributed by atoms with Gasteiger partial charge in [-0.2, -0.15) is 0 Å². The van der Waals surface area contributed by atoms with Crippen LogP contribution in [0.15, 0.2) is 70.6 Å². The van der Waals surface area contributed by atoms with Crippen molar-refractivity contribution in [2.24, 2.45) is 15.7 Å². The molecule has 0 aromatic heterocycles. The van der Waals surface area contributed by atoms with Crippen LogP contribution in [-0.2, 0) is 0 Å². The summed E-state index contributed by atoms with van der Waals surface area (Å²) < 4.78 is 0. The van der Waals surface area contributed by atoms with E-state index in [2.05, 4.69) is 46.6 Å². The van der Waals surface area contributed by atoms with Gasteiger partial charge >= 0.3 is 0 Å². The summed E-state index contributed by atoms with van der Waals surface area (Å²) in [5, 5.41) is 6.47. The predicted molar refractivity (Wildman–Crippen MR) is 111 cm³/mol. The van der Waals surface area contributed by atoms with Crippen molar-refractivity contribution >= 4 is 23.9 Å². The molecular weight excluding hydrogens is 310 g/mol. The van der Waals surface area contributed by atoms with Crippen molar-refractivity contribution in [1.82, 2.24) is 0 Å². The molecule has 0 amide bonds. The van der Waals surface area contributed by atoms with Crippen molar-refractivity contribution in [3.63, 3.8) is 0 Å². The van der Waals surface area contributed by atoms with Crippen LogP contribution in [0, 0.1) is 0 Å². The van der Waals surface area contributed by atoms with Gasteiger partial charge in [-0.05, 0) is 63.1 Å². The average molecular weight is 339 g/mol. The molecule has 0 bridgehead atoms. The van der Waals surface area contributed by atoms with Gasteiger partial charge in [0.15, 0.2) is 5.82 Å². The molecule has 5 nitrogen and oxygen atoms in total. The molecule has 0 saturated carbocycles. The number of anilines is 2. The SMILES string of the molecule is C=C/C(CCCCC(=C)Nc1cccc(NC)c1)=C(N=C)\N=C(\C)N. The first-order valence-corrected chi connectivity index (χ1v) is 8.35. The van der Waals surface area contributed by atoms with Crippen LogP contribution >= 0.6 is 0 Å². The first kappa shape index (κ1) is 20.2. The number of aliphatic imine (C=N–C) groups is 2. The molecule has 0 unspecified atom stereocenters. The third-order valence-electron chi connectivity index (χ3n) is 3.61. The van der Waals surface area contributed by atoms with E-state index in [4.69, 9.17) is 5.73 Å². The van der Waals surface area contributed by atoms with Crippen LogP contribution in [0.4, 0.5) is 11.4 Å². The van der Waals surface area contributed by atoms with Gasteiger partial charge in [-0.1, -0.05) is 25.3 Å². The van der Waals surface area contributed by atoms with Crippen LogP contribution in [0.25, 0.3) is 0 Å². The lowest BCUT2D eigenvalue weighted by atomic mass is 10.1. The van der Waals surface area contributed by atoms with Crippen molar-refractivity contribution in [2.75, 3.05) is 17.7 Å². The second-order valence-corrected chi connectivity index (χ2v) is 5.73. The maximum Gasteiger partial charge on any atom is 0.156 e. The maximum absolute atomic E-state index is 5.62. The summed E-state index contributed by atoms with van der Waals surface area (Å²) in [6.07, 6.45) is 5.48. The van der Waals surface area contributed by atoms with Crippen molar-refractivity contribution in [2.45, 2.75) is 32.6 Å². The third kappa shape index (κ3) is 7.52. The molecule has 0 spiro atoms. The van der Waals surface area contributed by atoms with Gasteiger partial charge in [0.2, 0.25) is 0 Å². The highest BCUT2D eigenvalue weighted by Gasteiger charge is 2.03. The minimum Gasteiger partial charge on any atom is -0.388 e. The Kier molecular flexibility index (Phi) is 8.79. The van der Waals surface area contributed by atoms with Crippen molar-refractivity contribution in [3.05, 3.63) is 60.6 Å². The smallest absolute Gasteiger partial charge is 0.156 e. The molecule has 0 aliphatic heterocycles. The van der Waals surface area contributed by atoms with E-state index < -0.39 is 0 Å². The van der Waals surface area contributed by atoms with Crippen LogP contribution < -0.4 is 16.4 Å². The molecule has 0 aliphatic rings. The fourth-order valence-corrected chi connectivity index (χ4v) is 2.35. The zero-order valence-electron chi connectivity index (χ0n) is 15.3. The largest absolute Gasteiger partial charge is 0.388 e. The first-order chi connectivity index (χ1) is 12.0. The topological polar surface area (TPSA) is 74.8 Å². The van der Waals surface area contributed by atoms with Crippen molar-refractivity contribution in [3.8, 4) is 0 Å². The summed E-state index contributed by atoms with van der Waals surface area (Å²) >= 11 is 0. The van der Waals surface area contributed by atoms with Gasteiger partial charge < -0.3 is 16.4 Å². The molecule has 0 fully saturated rings. The summed E-state index contributed by atoms with van der Waals surface area (Å²) in [4.78, 5) is 8.13. The fourth-order valence-electron chi connectivity index (χ4n) is 2.35. The molecule has 0 atom stereocenters. The van der Waals surface area contributed by atoms with Crippen molar-refractivity contribution < 1.29 is 0 Å². The maximum atomic E-state index is 5.62. The number of unbranched alkanes of at least 4 members (excludes halogenated alkanes) is 1. The van der Waals surface area contributed by atoms with E-state index in [-0.39, 0.29) is 0 Å². The Labute approximate surface area is 151 Å². The number of allylic oxidation sites excluding steroid dienone is 3. The van der Waals surface area contributed by atoms with Gasteiger partial charge in [0.25, 0.3) is 0 Å². The number of hydrogen-bond donors (Lipinski definition) is 3. The molecule has 0 heterocycles. The Morgan fingerprint density at radius 1 is 1.24 bits per heavy atom. The van der Waals surface area contributed by atoms with E-state index in [1.807, 2.05) is 25.2 Å². The minimum atomic E-state index is 0.461. The molecule has 1 rings (SSSR count). The molecule has 4 N–H and O–H groups in total. The number of hydrogen-bond acceptors (Lipinski definition) is 4. The quantitative estimate of drug-likeness (QED) is 0.237. The van der Waals surface area contributed by atoms with Crippen LogP contribution in [0.5, 0.6) is 0 Å². The molecule has 134 valence electrons. The lowest BCUT2D eigenvalue weighted by Crippen LogP contribution is -2.05. The number of nitrogens with two attached hydrogens (primary N) is 1. The van der Waals surface area contributed by atoms with Gasteiger partial charge in [-0.25, -0.2) is 9.98 Å². The van der Waals surface area contributed by atoms with Crippen LogP contribution in [0.2, 0.25) is 0 Å². The zero-order chi connectivity index (χ0) is 18.7. The van der Waals surface area contributed by atoms with Crippen LogP contribution in [-0.4, -0.2) is 19.6 Å². The van der Waals surface area contributed by atoms with E-state index in [0.29, 0.717) is 11.7 Å². The van der Waals surface area contributed by atoms with Gasteiger partial charge in [0.1, 0.15) is 0 Å². The first-order valence-electron chi connectivity index (χ1n) is 8.35. The summed E-state index contributed by atoms with van der Waals surface area (Å²) in [5.74, 6) is 1.01. The van der Waals surface area contributed by atoms with Gasteiger partial charge in [-0.15, -0.1) is 0 Å². The van der Waals surface area contributed by atoms with E-state index in [1.165, 1.54) is 0 Å². The van der Waals surface area contributed by atoms with Gasteiger partial charge in [0.05, 0.1) is 5.84 Å². The summed E-state index contributed by atoms with van der Waals surface area (Å²) in [6, 6.07) is 8.11. The highest BCUT2D eigenvalue weighted by molar-refractivity contribution is 5.78. The average Bonchev–Trinajstić information content (AvgIpc) is 2.60. The van der Waals surface area contributed by atoms with E-state index in [1.54, 1.807) is 13.0 Å². The number of rotatable bonds is 11. The summed E-state index contributed by atoms with van der Waals surface area (Å²) in [6.45, 7) is 13.2. The monoisotopic (exact) mass is 339 g/mol. The lowest BCUT2D eigenvalue weighted by Gasteiger charge is -2.11. The normalized spacial score (nSPS) is 12.2. The second kappa shape index (κ2) is 10.9. The van der Waals surface area contributed by atoms with Gasteiger partial charge in [0, 0.05) is 24.1 Å². The molecule has 25 heavy (non-hydrogen) atoms. The Morgan fingerprint density at radius 2 is 1.92 bits per heavy atom. The van der Waals surface area contributed by atoms with E-state index in [9.17, 15) is 0 Å². The van der Waals surface area contributed by atoms with Gasteiger partial charge in [-0.3, -0.25) is 0 Å². The lowest BCUT2D eigenvalue weighted by molar-refractivity contribution is 0.730. The summed E-state index contributed by atoms with van der Waals surface area (Å²) in [5.41, 5.74) is 9.68. The molecule has 1 aromatic rings. The Morgan fingerprint density at radius 3 is 2.52 bits per heavy atom. The predicted octanol–water partition coefficient (Wildman–Crippen LogP) is 4.69. The third-order valence-corrected chi connectivity index (χ3v) is 3.61. The van der Waals surface area contributed by atoms with E-state index >= 15 is 0 Å². The molecule has 0 aliphatic carbocycles. The number of benzene rings is 1. The molecule has 0 saturated heterocycles. The number of nitrogens with one attached hydrogen (secondary N) is 2. The number of amidine groups is 1. The highest BCUT2D eigenvalue weighted by atomic mass is 15.0. The Hall–Kier alpha value is -2.82. The zero-order valence-corrected chi connectivity index (χ0v) is 15.3. The molecular formula is C20H29N5.